The second-order valence-electron chi connectivity index (χ2n) is 5.64. The molecule has 22 heavy (non-hydrogen) atoms. The van der Waals surface area contributed by atoms with Gasteiger partial charge in [0.05, 0.1) is 0 Å². The van der Waals surface area contributed by atoms with Gasteiger partial charge in [0.15, 0.2) is 0 Å². The molecule has 2 heterocycles. The van der Waals surface area contributed by atoms with Gasteiger partial charge in [0.2, 0.25) is 0 Å². The molecule has 2 aliphatic rings. The molecule has 8 heteroatoms. The van der Waals surface area contributed by atoms with Crippen LogP contribution in [0.1, 0.15) is 40.0 Å². The van der Waals surface area contributed by atoms with E-state index >= 15 is 0 Å². The number of piperidine rings is 1. The maximum absolute atomic E-state index is 11.5. The predicted molar refractivity (Wildman–Crippen MR) is 72.2 cm³/mol. The molecule has 124 valence electrons. The summed E-state index contributed by atoms with van der Waals surface area (Å²) in [6.07, 6.45) is -0.488. The fraction of sp³-hybridized carbons (Fsp3) is 0.786. The van der Waals surface area contributed by atoms with Gasteiger partial charge < -0.3 is 19.3 Å². The summed E-state index contributed by atoms with van der Waals surface area (Å²) >= 11 is 0. The number of hydrogen-bond donors (Lipinski definition) is 1. The van der Waals surface area contributed by atoms with Crippen LogP contribution in [-0.4, -0.2) is 58.6 Å². The first-order valence-corrected chi connectivity index (χ1v) is 7.25. The summed E-state index contributed by atoms with van der Waals surface area (Å²) in [6.45, 7) is 4.17. The molecule has 2 fully saturated rings. The van der Waals surface area contributed by atoms with Crippen molar-refractivity contribution in [2.45, 2.75) is 64.2 Å². The zero-order chi connectivity index (χ0) is 16.5. The number of fused-ring (bicyclic) bond motifs is 1. The number of carbonyl (C=O) groups excluding carboxylic acids is 3. The molecule has 0 saturated carbocycles. The highest BCUT2D eigenvalue weighted by atomic mass is 16.7. The van der Waals surface area contributed by atoms with E-state index in [0.717, 1.165) is 0 Å². The molecule has 0 aromatic carbocycles. The summed E-state index contributed by atoms with van der Waals surface area (Å²) in [5.74, 6) is -3.24. The average molecular weight is 315 g/mol. The van der Waals surface area contributed by atoms with E-state index < -0.39 is 42.1 Å². The first-order valence-electron chi connectivity index (χ1n) is 7.25. The van der Waals surface area contributed by atoms with Crippen LogP contribution in [0.15, 0.2) is 0 Å². The van der Waals surface area contributed by atoms with Gasteiger partial charge in [0, 0.05) is 33.7 Å². The van der Waals surface area contributed by atoms with Crippen molar-refractivity contribution in [1.82, 2.24) is 4.90 Å². The van der Waals surface area contributed by atoms with Gasteiger partial charge in [-0.05, 0) is 12.8 Å². The monoisotopic (exact) mass is 315 g/mol. The van der Waals surface area contributed by atoms with Crippen LogP contribution in [0, 0.1) is 0 Å². The van der Waals surface area contributed by atoms with Crippen molar-refractivity contribution in [3.8, 4) is 0 Å². The minimum atomic E-state index is -1.55. The minimum absolute atomic E-state index is 0.145. The summed E-state index contributed by atoms with van der Waals surface area (Å²) < 4.78 is 15.9. The van der Waals surface area contributed by atoms with Gasteiger partial charge in [0.25, 0.3) is 5.79 Å². The second-order valence-corrected chi connectivity index (χ2v) is 5.64. The smallest absolute Gasteiger partial charge is 0.305 e. The lowest BCUT2D eigenvalue weighted by Gasteiger charge is -2.47. The van der Waals surface area contributed by atoms with Gasteiger partial charge in [0.1, 0.15) is 18.4 Å². The number of hydrogen-bond acceptors (Lipinski definition) is 8. The van der Waals surface area contributed by atoms with Gasteiger partial charge >= 0.3 is 17.9 Å². The SMILES string of the molecule is CC(=O)OC1CCN2C(O)CCC(OC(C)=O)(OC(C)=O)C12. The Morgan fingerprint density at radius 1 is 1.05 bits per heavy atom. The zero-order valence-corrected chi connectivity index (χ0v) is 12.9. The van der Waals surface area contributed by atoms with Gasteiger partial charge in [-0.1, -0.05) is 0 Å². The fourth-order valence-electron chi connectivity index (χ4n) is 3.37. The Kier molecular flexibility index (Phi) is 4.72. The lowest BCUT2D eigenvalue weighted by atomic mass is 9.91. The quantitative estimate of drug-likeness (QED) is 0.570. The van der Waals surface area contributed by atoms with E-state index in [1.807, 2.05) is 0 Å². The van der Waals surface area contributed by atoms with Crippen molar-refractivity contribution in [3.63, 3.8) is 0 Å². The minimum Gasteiger partial charge on any atom is -0.461 e. The van der Waals surface area contributed by atoms with E-state index in [1.165, 1.54) is 20.8 Å². The van der Waals surface area contributed by atoms with Crippen LogP contribution in [0.5, 0.6) is 0 Å². The van der Waals surface area contributed by atoms with E-state index in [1.54, 1.807) is 4.90 Å². The molecule has 0 aromatic heterocycles. The molecule has 0 aromatic rings. The van der Waals surface area contributed by atoms with E-state index in [2.05, 4.69) is 0 Å². The Morgan fingerprint density at radius 2 is 1.64 bits per heavy atom. The van der Waals surface area contributed by atoms with Crippen molar-refractivity contribution in [3.05, 3.63) is 0 Å². The van der Waals surface area contributed by atoms with E-state index in [0.29, 0.717) is 13.0 Å². The summed E-state index contributed by atoms with van der Waals surface area (Å²) in [5, 5.41) is 10.1. The Bertz CT molecular complexity index is 462. The van der Waals surface area contributed by atoms with Gasteiger partial charge in [-0.15, -0.1) is 0 Å². The molecule has 8 nitrogen and oxygen atoms in total. The maximum Gasteiger partial charge on any atom is 0.305 e. The number of rotatable bonds is 3. The van der Waals surface area contributed by atoms with Crippen molar-refractivity contribution < 1.29 is 33.7 Å². The third kappa shape index (κ3) is 3.22. The highest BCUT2D eigenvalue weighted by Gasteiger charge is 2.60. The Hall–Kier alpha value is -1.67. The summed E-state index contributed by atoms with van der Waals surface area (Å²) in [7, 11) is 0. The van der Waals surface area contributed by atoms with Gasteiger partial charge in [-0.25, -0.2) is 0 Å². The number of aliphatic hydroxyl groups is 1. The van der Waals surface area contributed by atoms with Crippen LogP contribution in [0.4, 0.5) is 0 Å². The second kappa shape index (κ2) is 6.21. The molecule has 3 unspecified atom stereocenters. The molecule has 0 aliphatic carbocycles. The average Bonchev–Trinajstić information content (AvgIpc) is 2.77. The third-order valence-electron chi connectivity index (χ3n) is 3.92. The zero-order valence-electron chi connectivity index (χ0n) is 12.9. The van der Waals surface area contributed by atoms with Crippen LogP contribution >= 0.6 is 0 Å². The number of ether oxygens (including phenoxy) is 3. The predicted octanol–water partition coefficient (Wildman–Crippen LogP) is -0.0729. The Balaban J connectivity index is 2.37. The normalized spacial score (nSPS) is 30.3. The highest BCUT2D eigenvalue weighted by Crippen LogP contribution is 2.42. The number of nitrogens with zero attached hydrogens (tertiary/aromatic N) is 1. The van der Waals surface area contributed by atoms with Gasteiger partial charge in [-0.3, -0.25) is 19.3 Å². The molecular formula is C14H21NO7. The molecular weight excluding hydrogens is 294 g/mol. The molecule has 2 aliphatic heterocycles. The summed E-state index contributed by atoms with van der Waals surface area (Å²) in [6, 6.07) is -0.715. The number of aliphatic hydroxyl groups excluding tert-OH is 1. The Morgan fingerprint density at radius 3 is 2.14 bits per heavy atom. The van der Waals surface area contributed by atoms with Crippen LogP contribution in [0.2, 0.25) is 0 Å². The van der Waals surface area contributed by atoms with Crippen LogP contribution in [0.3, 0.4) is 0 Å². The largest absolute Gasteiger partial charge is 0.461 e. The molecule has 2 rings (SSSR count). The van der Waals surface area contributed by atoms with Crippen molar-refractivity contribution in [2.75, 3.05) is 6.54 Å². The molecule has 0 radical (unpaired) electrons. The Labute approximate surface area is 128 Å². The van der Waals surface area contributed by atoms with Crippen LogP contribution in [0.25, 0.3) is 0 Å². The maximum atomic E-state index is 11.5. The van der Waals surface area contributed by atoms with Crippen molar-refractivity contribution in [1.29, 1.82) is 0 Å². The summed E-state index contributed by atoms with van der Waals surface area (Å²) in [5.41, 5.74) is 0. The van der Waals surface area contributed by atoms with E-state index in [-0.39, 0.29) is 12.8 Å². The molecule has 3 atom stereocenters. The number of esters is 3. The standard InChI is InChI=1S/C14H21NO7/c1-8(16)20-11-5-7-15-12(19)4-6-14(13(11)15,21-9(2)17)22-10(3)18/h11-13,19H,4-7H2,1-3H3. The van der Waals surface area contributed by atoms with Gasteiger partial charge in [-0.2, -0.15) is 0 Å². The van der Waals surface area contributed by atoms with Crippen molar-refractivity contribution >= 4 is 17.9 Å². The fourth-order valence-corrected chi connectivity index (χ4v) is 3.37. The first-order chi connectivity index (χ1) is 10.2. The van der Waals surface area contributed by atoms with Crippen molar-refractivity contribution in [2.24, 2.45) is 0 Å². The topological polar surface area (TPSA) is 102 Å². The summed E-state index contributed by atoms with van der Waals surface area (Å²) in [4.78, 5) is 35.9. The third-order valence-corrected chi connectivity index (χ3v) is 3.92. The lowest BCUT2D eigenvalue weighted by molar-refractivity contribution is -0.281. The molecule has 0 spiro atoms. The van der Waals surface area contributed by atoms with E-state index in [4.69, 9.17) is 14.2 Å². The van der Waals surface area contributed by atoms with E-state index in [9.17, 15) is 19.5 Å². The molecule has 0 bridgehead atoms. The lowest BCUT2D eigenvalue weighted by Crippen LogP contribution is -2.64. The number of carbonyl (C=O) groups is 3. The van der Waals surface area contributed by atoms with Crippen LogP contribution in [-0.2, 0) is 28.6 Å². The highest BCUT2D eigenvalue weighted by molar-refractivity contribution is 5.69. The first kappa shape index (κ1) is 16.7. The molecule has 2 saturated heterocycles. The molecule has 1 N–H and O–H groups in total. The van der Waals surface area contributed by atoms with Crippen LogP contribution < -0.4 is 0 Å². The molecule has 0 amide bonds.